The third kappa shape index (κ3) is 3.06. The molecule has 17 heavy (non-hydrogen) atoms. The number of nitrogens with two attached hydrogens (primary N) is 1. The molecule has 1 aromatic heterocycles. The van der Waals surface area contributed by atoms with Crippen molar-refractivity contribution in [2.75, 3.05) is 31.1 Å². The van der Waals surface area contributed by atoms with E-state index in [4.69, 9.17) is 10.5 Å². The van der Waals surface area contributed by atoms with E-state index in [0.717, 1.165) is 25.5 Å². The van der Waals surface area contributed by atoms with Crippen molar-refractivity contribution in [3.63, 3.8) is 0 Å². The van der Waals surface area contributed by atoms with E-state index in [0.29, 0.717) is 18.4 Å². The molecule has 1 aliphatic heterocycles. The number of rotatable bonds is 4. The standard InChI is InChI=1S/C12H20N4O/c1-2-17-12-6-11(14-9-15-12)16-5-3-4-10(7-13)8-16/h6,9-10H,2-5,7-8,13H2,1H3/t10-/m0/s1. The summed E-state index contributed by atoms with van der Waals surface area (Å²) in [5.41, 5.74) is 5.74. The molecule has 0 amide bonds. The Bertz CT molecular complexity index is 358. The van der Waals surface area contributed by atoms with Crippen molar-refractivity contribution in [3.05, 3.63) is 12.4 Å². The molecule has 2 rings (SSSR count). The molecule has 0 spiro atoms. The maximum atomic E-state index is 5.74. The number of hydrogen-bond acceptors (Lipinski definition) is 5. The summed E-state index contributed by atoms with van der Waals surface area (Å²) in [5, 5.41) is 0. The van der Waals surface area contributed by atoms with Crippen molar-refractivity contribution in [2.45, 2.75) is 19.8 Å². The Hall–Kier alpha value is -1.36. The summed E-state index contributed by atoms with van der Waals surface area (Å²) < 4.78 is 5.39. The van der Waals surface area contributed by atoms with Gasteiger partial charge in [0.1, 0.15) is 12.1 Å². The van der Waals surface area contributed by atoms with Gasteiger partial charge in [-0.2, -0.15) is 0 Å². The molecule has 5 heteroatoms. The minimum atomic E-state index is 0.578. The first-order valence-corrected chi connectivity index (χ1v) is 6.23. The van der Waals surface area contributed by atoms with Crippen LogP contribution in [-0.2, 0) is 0 Å². The van der Waals surface area contributed by atoms with Gasteiger partial charge in [0, 0.05) is 19.2 Å². The molecule has 0 saturated carbocycles. The highest BCUT2D eigenvalue weighted by Crippen LogP contribution is 2.22. The van der Waals surface area contributed by atoms with Gasteiger partial charge in [-0.1, -0.05) is 0 Å². The predicted octanol–water partition coefficient (Wildman–Crippen LogP) is 1.05. The lowest BCUT2D eigenvalue weighted by Gasteiger charge is -2.32. The molecule has 2 heterocycles. The van der Waals surface area contributed by atoms with Gasteiger partial charge in [0.05, 0.1) is 6.61 Å². The van der Waals surface area contributed by atoms with Gasteiger partial charge < -0.3 is 15.4 Å². The summed E-state index contributed by atoms with van der Waals surface area (Å²) in [6.07, 6.45) is 3.96. The van der Waals surface area contributed by atoms with Crippen LogP contribution < -0.4 is 15.4 Å². The number of hydrogen-bond donors (Lipinski definition) is 1. The fourth-order valence-electron chi connectivity index (χ4n) is 2.20. The van der Waals surface area contributed by atoms with Gasteiger partial charge in [-0.25, -0.2) is 9.97 Å². The van der Waals surface area contributed by atoms with Crippen molar-refractivity contribution in [1.29, 1.82) is 0 Å². The topological polar surface area (TPSA) is 64.3 Å². The van der Waals surface area contributed by atoms with Gasteiger partial charge in [-0.05, 0) is 32.2 Å². The van der Waals surface area contributed by atoms with E-state index in [9.17, 15) is 0 Å². The lowest BCUT2D eigenvalue weighted by Crippen LogP contribution is -2.38. The number of ether oxygens (including phenoxy) is 1. The second kappa shape index (κ2) is 5.82. The maximum absolute atomic E-state index is 5.74. The second-order valence-electron chi connectivity index (χ2n) is 4.34. The van der Waals surface area contributed by atoms with E-state index >= 15 is 0 Å². The number of piperidine rings is 1. The molecule has 94 valence electrons. The van der Waals surface area contributed by atoms with Crippen molar-refractivity contribution in [1.82, 2.24) is 9.97 Å². The molecule has 5 nitrogen and oxygen atoms in total. The Morgan fingerprint density at radius 3 is 3.18 bits per heavy atom. The van der Waals surface area contributed by atoms with Crippen molar-refractivity contribution >= 4 is 5.82 Å². The zero-order valence-corrected chi connectivity index (χ0v) is 10.3. The van der Waals surface area contributed by atoms with E-state index in [1.54, 1.807) is 6.33 Å². The van der Waals surface area contributed by atoms with Crippen LogP contribution in [0.25, 0.3) is 0 Å². The summed E-state index contributed by atoms with van der Waals surface area (Å²) >= 11 is 0. The van der Waals surface area contributed by atoms with Crippen LogP contribution in [0.5, 0.6) is 5.88 Å². The van der Waals surface area contributed by atoms with Crippen molar-refractivity contribution in [3.8, 4) is 5.88 Å². The normalized spacial score (nSPS) is 20.4. The van der Waals surface area contributed by atoms with Crippen LogP contribution in [-0.4, -0.2) is 36.2 Å². The van der Waals surface area contributed by atoms with Crippen LogP contribution in [0.3, 0.4) is 0 Å². The Kier molecular flexibility index (Phi) is 4.14. The smallest absolute Gasteiger partial charge is 0.218 e. The third-order valence-corrected chi connectivity index (χ3v) is 3.10. The SMILES string of the molecule is CCOc1cc(N2CCC[C@@H](CN)C2)ncn1. The molecule has 1 fully saturated rings. The lowest BCUT2D eigenvalue weighted by atomic mass is 9.98. The minimum absolute atomic E-state index is 0.578. The van der Waals surface area contributed by atoms with Crippen molar-refractivity contribution < 1.29 is 4.74 Å². The molecule has 0 aliphatic carbocycles. The predicted molar refractivity (Wildman–Crippen MR) is 67.2 cm³/mol. The summed E-state index contributed by atoms with van der Waals surface area (Å²) in [7, 11) is 0. The average Bonchev–Trinajstić information content (AvgIpc) is 2.40. The van der Waals surface area contributed by atoms with Gasteiger partial charge in [0.15, 0.2) is 0 Å². The zero-order valence-electron chi connectivity index (χ0n) is 10.3. The third-order valence-electron chi connectivity index (χ3n) is 3.10. The summed E-state index contributed by atoms with van der Waals surface area (Å²) in [4.78, 5) is 10.7. The molecule has 1 atom stereocenters. The highest BCUT2D eigenvalue weighted by atomic mass is 16.5. The van der Waals surface area contributed by atoms with E-state index in [1.165, 1.54) is 12.8 Å². The molecule has 2 N–H and O–H groups in total. The number of aromatic nitrogens is 2. The largest absolute Gasteiger partial charge is 0.478 e. The number of anilines is 1. The molecule has 0 bridgehead atoms. The molecule has 0 unspecified atom stereocenters. The van der Waals surface area contributed by atoms with Crippen LogP contribution in [0.4, 0.5) is 5.82 Å². The fourth-order valence-corrected chi connectivity index (χ4v) is 2.20. The lowest BCUT2D eigenvalue weighted by molar-refractivity contribution is 0.326. The van der Waals surface area contributed by atoms with E-state index in [-0.39, 0.29) is 0 Å². The molecule has 0 radical (unpaired) electrons. The Balaban J connectivity index is 2.07. The summed E-state index contributed by atoms with van der Waals surface area (Å²) in [5.74, 6) is 2.17. The summed E-state index contributed by atoms with van der Waals surface area (Å²) in [6.45, 7) is 5.35. The van der Waals surface area contributed by atoms with Gasteiger partial charge >= 0.3 is 0 Å². The van der Waals surface area contributed by atoms with Gasteiger partial charge in [0.25, 0.3) is 0 Å². The van der Waals surface area contributed by atoms with E-state index in [2.05, 4.69) is 14.9 Å². The van der Waals surface area contributed by atoms with E-state index < -0.39 is 0 Å². The second-order valence-corrected chi connectivity index (χ2v) is 4.34. The van der Waals surface area contributed by atoms with Crippen LogP contribution in [0.1, 0.15) is 19.8 Å². The van der Waals surface area contributed by atoms with E-state index in [1.807, 2.05) is 13.0 Å². The Labute approximate surface area is 102 Å². The van der Waals surface area contributed by atoms with Crippen LogP contribution in [0.15, 0.2) is 12.4 Å². The highest BCUT2D eigenvalue weighted by molar-refractivity contribution is 5.41. The molecule has 1 saturated heterocycles. The first kappa shape index (κ1) is 12.1. The molecule has 0 aromatic carbocycles. The first-order chi connectivity index (χ1) is 8.33. The fraction of sp³-hybridized carbons (Fsp3) is 0.667. The Morgan fingerprint density at radius 2 is 2.41 bits per heavy atom. The van der Waals surface area contributed by atoms with Crippen LogP contribution in [0, 0.1) is 5.92 Å². The first-order valence-electron chi connectivity index (χ1n) is 6.23. The average molecular weight is 236 g/mol. The van der Waals surface area contributed by atoms with Crippen LogP contribution >= 0.6 is 0 Å². The Morgan fingerprint density at radius 1 is 1.53 bits per heavy atom. The highest BCUT2D eigenvalue weighted by Gasteiger charge is 2.20. The van der Waals surface area contributed by atoms with Gasteiger partial charge in [0.2, 0.25) is 5.88 Å². The minimum Gasteiger partial charge on any atom is -0.478 e. The number of nitrogens with zero attached hydrogens (tertiary/aromatic N) is 3. The molecular formula is C12H20N4O. The maximum Gasteiger partial charge on any atom is 0.218 e. The van der Waals surface area contributed by atoms with Gasteiger partial charge in [-0.3, -0.25) is 0 Å². The zero-order chi connectivity index (χ0) is 12.1. The quantitative estimate of drug-likeness (QED) is 0.846. The molecule has 1 aromatic rings. The summed E-state index contributed by atoms with van der Waals surface area (Å²) in [6, 6.07) is 1.91. The monoisotopic (exact) mass is 236 g/mol. The van der Waals surface area contributed by atoms with Crippen LogP contribution in [0.2, 0.25) is 0 Å². The van der Waals surface area contributed by atoms with Crippen molar-refractivity contribution in [2.24, 2.45) is 11.7 Å². The molecular weight excluding hydrogens is 216 g/mol. The van der Waals surface area contributed by atoms with Gasteiger partial charge in [-0.15, -0.1) is 0 Å². The molecule has 1 aliphatic rings.